The van der Waals surface area contributed by atoms with Crippen molar-refractivity contribution in [2.75, 3.05) is 11.5 Å². The lowest BCUT2D eigenvalue weighted by Gasteiger charge is -2.19. The first-order valence-electron chi connectivity index (χ1n) is 18.9. The maximum absolute atomic E-state index is 13.1. The predicted molar refractivity (Wildman–Crippen MR) is 223 cm³/mol. The highest BCUT2D eigenvalue weighted by Gasteiger charge is 2.45. The Morgan fingerprint density at radius 2 is 1.25 bits per heavy atom. The predicted octanol–water partition coefficient (Wildman–Crippen LogP) is 7.85. The average molecular weight is 866 g/mol. The smallest absolute Gasteiger partial charge is 0.327 e. The molecule has 10 nitrogen and oxygen atoms in total. The lowest BCUT2D eigenvalue weighted by molar-refractivity contribution is -0.141. The quantitative estimate of drug-likeness (QED) is 0.156. The van der Waals surface area contributed by atoms with Gasteiger partial charge in [-0.2, -0.15) is 0 Å². The van der Waals surface area contributed by atoms with Gasteiger partial charge >= 0.3 is 11.9 Å². The Hall–Kier alpha value is -4.98. The summed E-state index contributed by atoms with van der Waals surface area (Å²) in [5, 5.41) is 24.3. The molecule has 4 heterocycles. The first-order chi connectivity index (χ1) is 27.4. The van der Waals surface area contributed by atoms with E-state index >= 15 is 0 Å². The number of aliphatic carboxylic acids is 2. The van der Waals surface area contributed by atoms with Crippen LogP contribution in [0.2, 0.25) is 0 Å². The number of thioether (sulfide) groups is 1. The summed E-state index contributed by atoms with van der Waals surface area (Å²) in [6.07, 6.45) is 4.98. The minimum atomic E-state index is -3.83. The van der Waals surface area contributed by atoms with Crippen LogP contribution < -0.4 is 11.1 Å². The molecule has 57 heavy (non-hydrogen) atoms. The number of carbonyl (C=O) groups is 2. The summed E-state index contributed by atoms with van der Waals surface area (Å²) in [4.78, 5) is 49.2. The fourth-order valence-electron chi connectivity index (χ4n) is 8.58. The van der Waals surface area contributed by atoms with E-state index in [0.29, 0.717) is 40.1 Å². The Kier molecular flexibility index (Phi) is 9.52. The van der Waals surface area contributed by atoms with Crippen molar-refractivity contribution >= 4 is 71.0 Å². The largest absolute Gasteiger partial charge is 0.480 e. The molecular formula is C44H37BrN2O8S2. The molecule has 2 N–H and O–H groups in total. The van der Waals surface area contributed by atoms with E-state index in [9.17, 15) is 37.8 Å². The number of carboxylic acid groups (broad SMARTS) is 2. The molecule has 0 saturated heterocycles. The summed E-state index contributed by atoms with van der Waals surface area (Å²) in [6.45, 7) is 0. The molecule has 4 aromatic carbocycles. The summed E-state index contributed by atoms with van der Waals surface area (Å²) in [5.74, 6) is -1.90. The van der Waals surface area contributed by atoms with E-state index in [4.69, 9.17) is 0 Å². The van der Waals surface area contributed by atoms with E-state index in [1.807, 2.05) is 54.6 Å². The summed E-state index contributed by atoms with van der Waals surface area (Å²) in [7, 11) is -3.83. The maximum Gasteiger partial charge on any atom is 0.327 e. The van der Waals surface area contributed by atoms with Crippen LogP contribution in [0.15, 0.2) is 115 Å². The van der Waals surface area contributed by atoms with Gasteiger partial charge in [-0.05, 0) is 121 Å². The Labute approximate surface area is 340 Å². The van der Waals surface area contributed by atoms with Crippen molar-refractivity contribution in [3.05, 3.63) is 150 Å². The number of aromatic nitrogens is 2. The van der Waals surface area contributed by atoms with Crippen molar-refractivity contribution < 1.29 is 28.2 Å². The fraction of sp³-hybridized carbons (Fsp3) is 0.273. The molecule has 0 bridgehead atoms. The van der Waals surface area contributed by atoms with E-state index in [1.54, 1.807) is 0 Å². The van der Waals surface area contributed by atoms with E-state index in [2.05, 4.69) is 46.3 Å². The van der Waals surface area contributed by atoms with Gasteiger partial charge in [0.15, 0.2) is 9.84 Å². The second-order valence-electron chi connectivity index (χ2n) is 15.3. The molecule has 2 aliphatic carbocycles. The molecule has 2 saturated carbocycles. The second kappa shape index (κ2) is 14.4. The number of fused-ring (bicyclic) bond motifs is 4. The zero-order valence-corrected chi connectivity index (χ0v) is 33.8. The molecule has 2 aliphatic heterocycles. The first-order valence-corrected chi connectivity index (χ1v) is 22.4. The van der Waals surface area contributed by atoms with Gasteiger partial charge in [-0.1, -0.05) is 84.9 Å². The molecule has 0 amide bonds. The first kappa shape index (κ1) is 37.6. The van der Waals surface area contributed by atoms with Gasteiger partial charge in [-0.25, -0.2) is 18.0 Å². The molecule has 2 aromatic heterocycles. The van der Waals surface area contributed by atoms with Crippen LogP contribution in [-0.2, 0) is 32.3 Å². The Morgan fingerprint density at radius 1 is 0.702 bits per heavy atom. The third kappa shape index (κ3) is 6.72. The molecule has 2 atom stereocenters. The van der Waals surface area contributed by atoms with E-state index in [0.717, 1.165) is 57.2 Å². The highest BCUT2D eigenvalue weighted by molar-refractivity contribution is 9.10. The molecule has 6 aromatic rings. The van der Waals surface area contributed by atoms with Gasteiger partial charge in [0.05, 0.1) is 15.3 Å². The number of hydrogen-bond donors (Lipinski definition) is 2. The molecule has 0 radical (unpaired) electrons. The Morgan fingerprint density at radius 3 is 1.82 bits per heavy atom. The van der Waals surface area contributed by atoms with E-state index in [-0.39, 0.29) is 16.5 Å². The van der Waals surface area contributed by atoms with Crippen LogP contribution in [0, 0.1) is 0 Å². The van der Waals surface area contributed by atoms with Crippen molar-refractivity contribution in [1.82, 2.24) is 9.13 Å². The fourth-order valence-corrected chi connectivity index (χ4v) is 12.5. The number of hydrogen-bond acceptors (Lipinski definition) is 7. The lowest BCUT2D eigenvalue weighted by atomic mass is 9.95. The number of carboxylic acids is 2. The van der Waals surface area contributed by atoms with Crippen molar-refractivity contribution in [2.45, 2.75) is 72.5 Å². The van der Waals surface area contributed by atoms with E-state index in [1.165, 1.54) is 44.3 Å². The van der Waals surface area contributed by atoms with Gasteiger partial charge in [0, 0.05) is 11.8 Å². The van der Waals surface area contributed by atoms with Gasteiger partial charge in [0.1, 0.15) is 17.1 Å². The van der Waals surface area contributed by atoms with Crippen LogP contribution in [0.1, 0.15) is 83.0 Å². The molecule has 13 heteroatoms. The van der Waals surface area contributed by atoms with Crippen LogP contribution >= 0.6 is 27.7 Å². The second-order valence-corrected chi connectivity index (χ2v) is 19.0. The SMILES string of the molecule is O=C(O)C1CS(=O)(=O)c2c(C3CC3)c(Cc3cccc4ccccc34)cc(=O)n21.O=C(O)[C@@H]1CSc2c(C3CC3)c(Cc3cccc4ccccc34)c(Br)c(=O)n21. The van der Waals surface area contributed by atoms with Crippen LogP contribution in [0.3, 0.4) is 0 Å². The molecule has 2 fully saturated rings. The van der Waals surface area contributed by atoms with Gasteiger partial charge < -0.3 is 10.2 Å². The number of nitrogens with zero attached hydrogens (tertiary/aromatic N) is 2. The average Bonchev–Trinajstić information content (AvgIpc) is 4.13. The van der Waals surface area contributed by atoms with Crippen LogP contribution in [0.4, 0.5) is 0 Å². The molecule has 10 rings (SSSR count). The normalized spacial score (nSPS) is 19.2. The minimum Gasteiger partial charge on any atom is -0.480 e. The van der Waals surface area contributed by atoms with E-state index < -0.39 is 45.2 Å². The number of rotatable bonds is 8. The summed E-state index contributed by atoms with van der Waals surface area (Å²) in [6, 6.07) is 27.7. The Balaban J connectivity index is 0.000000148. The zero-order valence-electron chi connectivity index (χ0n) is 30.6. The Bertz CT molecular complexity index is 2900. The molecule has 4 aliphatic rings. The monoisotopic (exact) mass is 864 g/mol. The van der Waals surface area contributed by atoms with Crippen LogP contribution in [0.5, 0.6) is 0 Å². The minimum absolute atomic E-state index is 0.0594. The molecule has 0 spiro atoms. The number of pyridine rings is 2. The van der Waals surface area contributed by atoms with Crippen molar-refractivity contribution in [3.8, 4) is 0 Å². The van der Waals surface area contributed by atoms with Gasteiger partial charge in [0.2, 0.25) is 0 Å². The standard InChI is InChI=1S/C22H18BrNO3S.C22H19NO5S/c23-19-16(10-14-6-3-5-12-4-1-2-7-15(12)14)18(13-8-9-13)21-24(20(19)25)17(11-28-21)22(26)27;24-19-11-16(10-15-6-3-5-13-4-1-2-7-17(13)15)20(14-8-9-14)21-23(19)18(22(25)26)12-29(21,27)28/h1-7,13,17H,8-11H2,(H,26,27);1-7,11,14,18H,8-10,12H2,(H,25,26)/t17-;/m0./s1. The van der Waals surface area contributed by atoms with Gasteiger partial charge in [-0.15, -0.1) is 11.8 Å². The highest BCUT2D eigenvalue weighted by atomic mass is 79.9. The van der Waals surface area contributed by atoms with Crippen LogP contribution in [0.25, 0.3) is 21.5 Å². The topological polar surface area (TPSA) is 153 Å². The summed E-state index contributed by atoms with van der Waals surface area (Å²) in [5.41, 5.74) is 4.93. The van der Waals surface area contributed by atoms with Crippen LogP contribution in [-0.4, -0.2) is 51.2 Å². The zero-order chi connectivity index (χ0) is 39.7. The highest BCUT2D eigenvalue weighted by Crippen LogP contribution is 2.50. The number of benzene rings is 4. The lowest BCUT2D eigenvalue weighted by Crippen LogP contribution is -2.30. The van der Waals surface area contributed by atoms with Gasteiger partial charge in [0.25, 0.3) is 11.1 Å². The third-order valence-electron chi connectivity index (χ3n) is 11.5. The molecule has 290 valence electrons. The van der Waals surface area contributed by atoms with Crippen molar-refractivity contribution in [2.24, 2.45) is 0 Å². The number of halogens is 1. The summed E-state index contributed by atoms with van der Waals surface area (Å²) >= 11 is 5.06. The van der Waals surface area contributed by atoms with Crippen molar-refractivity contribution in [1.29, 1.82) is 0 Å². The number of sulfone groups is 1. The summed E-state index contributed by atoms with van der Waals surface area (Å²) < 4.78 is 28.7. The maximum atomic E-state index is 13.1. The molecular weight excluding hydrogens is 829 g/mol. The van der Waals surface area contributed by atoms with Crippen molar-refractivity contribution in [3.63, 3.8) is 0 Å². The van der Waals surface area contributed by atoms with Gasteiger partial charge in [-0.3, -0.25) is 18.7 Å². The molecule has 1 unspecified atom stereocenters. The third-order valence-corrected chi connectivity index (χ3v) is 15.2.